The maximum absolute atomic E-state index is 12.4. The third-order valence-corrected chi connectivity index (χ3v) is 4.18. The van der Waals surface area contributed by atoms with Crippen molar-refractivity contribution in [3.63, 3.8) is 0 Å². The fourth-order valence-corrected chi connectivity index (χ4v) is 2.97. The van der Waals surface area contributed by atoms with Crippen LogP contribution < -0.4 is 10.2 Å². The van der Waals surface area contributed by atoms with Crippen molar-refractivity contribution >= 4 is 17.8 Å². The lowest BCUT2D eigenvalue weighted by Crippen LogP contribution is -2.48. The van der Waals surface area contributed by atoms with E-state index in [-0.39, 0.29) is 17.4 Å². The number of aromatic nitrogens is 2. The lowest BCUT2D eigenvalue weighted by molar-refractivity contribution is 0.0694. The molecule has 0 bridgehead atoms. The quantitative estimate of drug-likeness (QED) is 0.850. The first-order valence-electron chi connectivity index (χ1n) is 8.27. The van der Waals surface area contributed by atoms with Gasteiger partial charge in [-0.25, -0.2) is 14.8 Å². The molecule has 1 aliphatic rings. The van der Waals surface area contributed by atoms with Crippen molar-refractivity contribution in [2.24, 2.45) is 0 Å². The molecule has 8 nitrogen and oxygen atoms in total. The molecule has 0 aromatic carbocycles. The van der Waals surface area contributed by atoms with Crippen molar-refractivity contribution in [3.05, 3.63) is 41.6 Å². The zero-order chi connectivity index (χ0) is 17.8. The summed E-state index contributed by atoms with van der Waals surface area (Å²) in [4.78, 5) is 34.1. The van der Waals surface area contributed by atoms with Crippen LogP contribution in [0, 0.1) is 0 Å². The number of amides is 1. The van der Waals surface area contributed by atoms with Crippen LogP contribution >= 0.6 is 0 Å². The molecule has 25 heavy (non-hydrogen) atoms. The molecule has 3 rings (SSSR count). The van der Waals surface area contributed by atoms with E-state index in [0.717, 1.165) is 19.4 Å². The molecule has 1 fully saturated rings. The van der Waals surface area contributed by atoms with Crippen LogP contribution in [-0.2, 0) is 6.42 Å². The van der Waals surface area contributed by atoms with Crippen LogP contribution in [-0.4, -0.2) is 46.1 Å². The molecular weight excluding hydrogens is 324 g/mol. The number of nitrogens with zero attached hydrogens (tertiary/aromatic N) is 3. The highest BCUT2D eigenvalue weighted by Crippen LogP contribution is 2.19. The lowest BCUT2D eigenvalue weighted by atomic mass is 10.1. The van der Waals surface area contributed by atoms with Gasteiger partial charge in [-0.2, -0.15) is 0 Å². The minimum atomic E-state index is -1.09. The highest BCUT2D eigenvalue weighted by atomic mass is 16.4. The first-order valence-corrected chi connectivity index (χ1v) is 8.27. The SMILES string of the molecule is CCc1oc(C(=O)NC2CCCN(c3ncccn3)C2)cc1C(=O)O. The van der Waals surface area contributed by atoms with Crippen LogP contribution in [0.1, 0.15) is 46.4 Å². The summed E-state index contributed by atoms with van der Waals surface area (Å²) >= 11 is 0. The molecule has 8 heteroatoms. The summed E-state index contributed by atoms with van der Waals surface area (Å²) < 4.78 is 5.41. The number of anilines is 1. The van der Waals surface area contributed by atoms with Gasteiger partial charge in [-0.05, 0) is 18.9 Å². The van der Waals surface area contributed by atoms with Crippen molar-refractivity contribution < 1.29 is 19.1 Å². The number of piperidine rings is 1. The van der Waals surface area contributed by atoms with Crippen molar-refractivity contribution in [2.45, 2.75) is 32.2 Å². The summed E-state index contributed by atoms with van der Waals surface area (Å²) in [6.45, 7) is 3.22. The molecule has 0 aliphatic carbocycles. The first kappa shape index (κ1) is 16.9. The molecule has 0 radical (unpaired) electrons. The Balaban J connectivity index is 1.67. The third kappa shape index (κ3) is 3.78. The van der Waals surface area contributed by atoms with Gasteiger partial charge in [-0.15, -0.1) is 0 Å². The van der Waals surface area contributed by atoms with Gasteiger partial charge in [0.05, 0.1) is 0 Å². The third-order valence-electron chi connectivity index (χ3n) is 4.18. The summed E-state index contributed by atoms with van der Waals surface area (Å²) in [6, 6.07) is 2.97. The van der Waals surface area contributed by atoms with Gasteiger partial charge in [-0.3, -0.25) is 4.79 Å². The molecule has 1 saturated heterocycles. The summed E-state index contributed by atoms with van der Waals surface area (Å²) in [5, 5.41) is 12.1. The monoisotopic (exact) mass is 344 g/mol. The van der Waals surface area contributed by atoms with Crippen LogP contribution in [0.4, 0.5) is 5.95 Å². The Labute approximate surface area is 144 Å². The van der Waals surface area contributed by atoms with Crippen molar-refractivity contribution in [3.8, 4) is 0 Å². The number of hydrogen-bond donors (Lipinski definition) is 2. The molecule has 0 spiro atoms. The highest BCUT2D eigenvalue weighted by molar-refractivity contribution is 5.96. The molecule has 3 heterocycles. The standard InChI is InChI=1S/C17H20N4O4/c1-2-13-12(16(23)24)9-14(25-13)15(22)20-11-5-3-8-21(10-11)17-18-6-4-7-19-17/h4,6-7,9,11H,2-3,5,8,10H2,1H3,(H,20,22)(H,23,24). The number of carboxylic acid groups (broad SMARTS) is 1. The van der Waals surface area contributed by atoms with Crippen molar-refractivity contribution in [1.82, 2.24) is 15.3 Å². The highest BCUT2D eigenvalue weighted by Gasteiger charge is 2.26. The van der Waals surface area contributed by atoms with E-state index in [1.807, 2.05) is 4.90 Å². The van der Waals surface area contributed by atoms with Gasteiger partial charge in [0, 0.05) is 44.0 Å². The number of furan rings is 1. The Morgan fingerprint density at radius 1 is 1.40 bits per heavy atom. The van der Waals surface area contributed by atoms with Crippen LogP contribution in [0.5, 0.6) is 0 Å². The summed E-state index contributed by atoms with van der Waals surface area (Å²) in [5.74, 6) is -0.517. The second kappa shape index (κ2) is 7.33. The van der Waals surface area contributed by atoms with E-state index in [4.69, 9.17) is 9.52 Å². The van der Waals surface area contributed by atoms with Crippen molar-refractivity contribution in [2.75, 3.05) is 18.0 Å². The zero-order valence-electron chi connectivity index (χ0n) is 13.9. The van der Waals surface area contributed by atoms with Gasteiger partial charge in [0.25, 0.3) is 5.91 Å². The van der Waals surface area contributed by atoms with Gasteiger partial charge in [0.2, 0.25) is 5.95 Å². The molecular formula is C17H20N4O4. The van der Waals surface area contributed by atoms with Gasteiger partial charge < -0.3 is 19.7 Å². The Kier molecular flexibility index (Phi) is 4.97. The van der Waals surface area contributed by atoms with Crippen LogP contribution in [0.3, 0.4) is 0 Å². The smallest absolute Gasteiger partial charge is 0.339 e. The second-order valence-corrected chi connectivity index (χ2v) is 5.91. The summed E-state index contributed by atoms with van der Waals surface area (Å²) in [5.41, 5.74) is 0.0376. The molecule has 1 amide bonds. The maximum Gasteiger partial charge on any atom is 0.339 e. The Morgan fingerprint density at radius 2 is 2.16 bits per heavy atom. The Morgan fingerprint density at radius 3 is 2.80 bits per heavy atom. The van der Waals surface area contributed by atoms with Gasteiger partial charge >= 0.3 is 5.97 Å². The second-order valence-electron chi connectivity index (χ2n) is 5.91. The fourth-order valence-electron chi connectivity index (χ4n) is 2.97. The number of rotatable bonds is 5. The lowest BCUT2D eigenvalue weighted by Gasteiger charge is -2.32. The number of carbonyl (C=O) groups is 2. The van der Waals surface area contributed by atoms with E-state index < -0.39 is 11.9 Å². The average Bonchev–Trinajstić information content (AvgIpc) is 3.08. The zero-order valence-corrected chi connectivity index (χ0v) is 13.9. The average molecular weight is 344 g/mol. The largest absolute Gasteiger partial charge is 0.478 e. The fraction of sp³-hybridized carbons (Fsp3) is 0.412. The molecule has 132 valence electrons. The molecule has 2 aromatic rings. The summed E-state index contributed by atoms with van der Waals surface area (Å²) in [6.07, 6.45) is 5.53. The number of nitrogens with one attached hydrogen (secondary N) is 1. The Bertz CT molecular complexity index is 759. The molecule has 2 N–H and O–H groups in total. The minimum absolute atomic E-state index is 0.0299. The van der Waals surface area contributed by atoms with Crippen LogP contribution in [0.15, 0.2) is 28.9 Å². The van der Waals surface area contributed by atoms with E-state index in [1.54, 1.807) is 25.4 Å². The van der Waals surface area contributed by atoms with Crippen molar-refractivity contribution in [1.29, 1.82) is 0 Å². The normalized spacial score (nSPS) is 17.3. The first-order chi connectivity index (χ1) is 12.1. The number of hydrogen-bond acceptors (Lipinski definition) is 6. The number of carbonyl (C=O) groups excluding carboxylic acids is 1. The molecule has 1 unspecified atom stereocenters. The van der Waals surface area contributed by atoms with Gasteiger partial charge in [-0.1, -0.05) is 6.92 Å². The number of carboxylic acids is 1. The molecule has 1 aliphatic heterocycles. The predicted octanol–water partition coefficient (Wildman–Crippen LogP) is 1.73. The van der Waals surface area contributed by atoms with Crippen LogP contribution in [0.25, 0.3) is 0 Å². The van der Waals surface area contributed by atoms with E-state index >= 15 is 0 Å². The van der Waals surface area contributed by atoms with E-state index in [2.05, 4.69) is 15.3 Å². The predicted molar refractivity (Wildman–Crippen MR) is 89.8 cm³/mol. The van der Waals surface area contributed by atoms with Crippen LogP contribution in [0.2, 0.25) is 0 Å². The molecule has 2 aromatic heterocycles. The molecule has 0 saturated carbocycles. The minimum Gasteiger partial charge on any atom is -0.478 e. The molecule has 1 atom stereocenters. The summed E-state index contributed by atoms with van der Waals surface area (Å²) in [7, 11) is 0. The van der Waals surface area contributed by atoms with E-state index in [0.29, 0.717) is 24.7 Å². The topological polar surface area (TPSA) is 109 Å². The van der Waals surface area contributed by atoms with E-state index in [9.17, 15) is 9.59 Å². The number of aromatic carboxylic acids is 1. The van der Waals surface area contributed by atoms with Gasteiger partial charge in [0.15, 0.2) is 5.76 Å². The van der Waals surface area contributed by atoms with Gasteiger partial charge in [0.1, 0.15) is 11.3 Å². The Hall–Kier alpha value is -2.90. The maximum atomic E-state index is 12.4. The van der Waals surface area contributed by atoms with E-state index in [1.165, 1.54) is 6.07 Å². The number of aryl methyl sites for hydroxylation is 1.